The number of hydrogen-bond donors (Lipinski definition) is 1. The van der Waals surface area contributed by atoms with E-state index in [1.165, 1.54) is 12.0 Å². The lowest BCUT2D eigenvalue weighted by Gasteiger charge is -2.35. The van der Waals surface area contributed by atoms with E-state index in [0.717, 1.165) is 59.7 Å². The molecule has 0 spiro atoms. The number of anilines is 3. The number of nitrogens with zero attached hydrogens (tertiary/aromatic N) is 6. The molecule has 2 saturated heterocycles. The molecule has 0 unspecified atom stereocenters. The number of halogens is 1. The molecule has 1 aromatic heterocycles. The Balaban J connectivity index is 1.22. The lowest BCUT2D eigenvalue weighted by molar-refractivity contribution is -0.131. The molecule has 206 valence electrons. The number of ether oxygens (including phenoxy) is 1. The molecule has 2 aliphatic rings. The van der Waals surface area contributed by atoms with Gasteiger partial charge in [-0.1, -0.05) is 29.5 Å². The molecule has 39 heavy (non-hydrogen) atoms. The molecule has 1 N–H and O–H groups in total. The van der Waals surface area contributed by atoms with Crippen molar-refractivity contribution in [2.75, 3.05) is 47.5 Å². The van der Waals surface area contributed by atoms with E-state index < -0.39 is 0 Å². The van der Waals surface area contributed by atoms with Gasteiger partial charge in [-0.15, -0.1) is 0 Å². The maximum atomic E-state index is 12.2. The minimum atomic E-state index is 0.0000373. The first-order valence-electron chi connectivity index (χ1n) is 13.6. The highest BCUT2D eigenvalue weighted by Gasteiger charge is 2.33. The van der Waals surface area contributed by atoms with Crippen LogP contribution in [0.2, 0.25) is 0 Å². The minimum Gasteiger partial charge on any atom is -0.488 e. The first-order valence-corrected chi connectivity index (χ1v) is 15.1. The van der Waals surface area contributed by atoms with Crippen molar-refractivity contribution in [2.24, 2.45) is 0 Å². The van der Waals surface area contributed by atoms with Crippen LogP contribution in [0, 0.1) is 6.92 Å². The second-order valence-electron chi connectivity index (χ2n) is 10.2. The van der Waals surface area contributed by atoms with Crippen LogP contribution in [0.1, 0.15) is 32.3 Å². The summed E-state index contributed by atoms with van der Waals surface area (Å²) in [5.74, 6) is 2.11. The van der Waals surface area contributed by atoms with Gasteiger partial charge >= 0.3 is 0 Å². The molecule has 5 rings (SSSR count). The molecule has 2 aromatic carbocycles. The largest absolute Gasteiger partial charge is 0.488 e. The fourth-order valence-electron chi connectivity index (χ4n) is 5.22. The van der Waals surface area contributed by atoms with Gasteiger partial charge in [-0.2, -0.15) is 4.98 Å². The average Bonchev–Trinajstić information content (AvgIpc) is 3.34. The second-order valence-corrected chi connectivity index (χ2v) is 10.9. The Morgan fingerprint density at radius 1 is 1.10 bits per heavy atom. The quantitative estimate of drug-likeness (QED) is 0.212. The predicted molar refractivity (Wildman–Crippen MR) is 163 cm³/mol. The van der Waals surface area contributed by atoms with Gasteiger partial charge in [0.15, 0.2) is 5.82 Å². The molecule has 0 bridgehead atoms. The molecular weight excluding hydrogens is 605 g/mol. The predicted octanol–water partition coefficient (Wildman–Crippen LogP) is 4.88. The molecule has 2 fully saturated rings. The van der Waals surface area contributed by atoms with Crippen molar-refractivity contribution in [3.05, 3.63) is 54.4 Å². The summed E-state index contributed by atoms with van der Waals surface area (Å²) in [4.78, 5) is 32.4. The maximum Gasteiger partial charge on any atom is 0.230 e. The van der Waals surface area contributed by atoms with Gasteiger partial charge in [0.1, 0.15) is 18.2 Å². The summed E-state index contributed by atoms with van der Waals surface area (Å²) < 4.78 is 7.38. The first-order chi connectivity index (χ1) is 18.9. The van der Waals surface area contributed by atoms with Crippen molar-refractivity contribution in [3.8, 4) is 17.1 Å². The van der Waals surface area contributed by atoms with Gasteiger partial charge < -0.3 is 19.9 Å². The molecule has 0 saturated carbocycles. The SMILES string of the molecule is CCC(=O)N1C[C@H](Oc2ccc(-c3ncnc(Nc4ccc(N5CCN(CI)CC5)cc4)n3)cc2C)C[C@H]1C. The van der Waals surface area contributed by atoms with Crippen molar-refractivity contribution in [2.45, 2.75) is 45.8 Å². The zero-order chi connectivity index (χ0) is 27.4. The van der Waals surface area contributed by atoms with Crippen LogP contribution in [0.3, 0.4) is 0 Å². The lowest BCUT2D eigenvalue weighted by atomic mass is 10.1. The molecule has 0 radical (unpaired) electrons. The van der Waals surface area contributed by atoms with Crippen LogP contribution in [-0.4, -0.2) is 80.1 Å². The minimum absolute atomic E-state index is 0.0000373. The first kappa shape index (κ1) is 27.6. The number of aromatic nitrogens is 3. The summed E-state index contributed by atoms with van der Waals surface area (Å²) in [6.07, 6.45) is 2.89. The number of piperazine rings is 1. The molecule has 0 aliphatic carbocycles. The number of benzene rings is 2. The number of likely N-dealkylation sites (tertiary alicyclic amines) is 1. The van der Waals surface area contributed by atoms with E-state index in [0.29, 0.717) is 24.7 Å². The van der Waals surface area contributed by atoms with Crippen molar-refractivity contribution >= 4 is 45.8 Å². The summed E-state index contributed by atoms with van der Waals surface area (Å²) in [5.41, 5.74) is 4.07. The summed E-state index contributed by atoms with van der Waals surface area (Å²) >= 11 is 2.43. The highest BCUT2D eigenvalue weighted by atomic mass is 127. The number of aryl methyl sites for hydroxylation is 1. The Labute approximate surface area is 244 Å². The number of rotatable bonds is 8. The normalized spacial score (nSPS) is 19.8. The average molecular weight is 642 g/mol. The third-order valence-electron chi connectivity index (χ3n) is 7.49. The van der Waals surface area contributed by atoms with Crippen LogP contribution in [-0.2, 0) is 4.79 Å². The highest BCUT2D eigenvalue weighted by Crippen LogP contribution is 2.29. The lowest BCUT2D eigenvalue weighted by Crippen LogP contribution is -2.45. The van der Waals surface area contributed by atoms with Gasteiger partial charge in [0.05, 0.1) is 11.1 Å². The summed E-state index contributed by atoms with van der Waals surface area (Å²) in [7, 11) is 0. The van der Waals surface area contributed by atoms with Crippen LogP contribution in [0.25, 0.3) is 11.4 Å². The molecular formula is C29H36IN7O2. The second kappa shape index (κ2) is 12.5. The zero-order valence-corrected chi connectivity index (χ0v) is 25.0. The van der Waals surface area contributed by atoms with Crippen LogP contribution in [0.5, 0.6) is 5.75 Å². The number of carbonyl (C=O) groups excluding carboxylic acids is 1. The Morgan fingerprint density at radius 3 is 2.56 bits per heavy atom. The Morgan fingerprint density at radius 2 is 1.87 bits per heavy atom. The molecule has 9 nitrogen and oxygen atoms in total. The van der Waals surface area contributed by atoms with Crippen LogP contribution < -0.4 is 15.0 Å². The van der Waals surface area contributed by atoms with Gasteiger partial charge in [-0.25, -0.2) is 9.97 Å². The van der Waals surface area contributed by atoms with Crippen molar-refractivity contribution < 1.29 is 9.53 Å². The highest BCUT2D eigenvalue weighted by molar-refractivity contribution is 14.1. The smallest absolute Gasteiger partial charge is 0.230 e. The fourth-order valence-corrected chi connectivity index (χ4v) is 5.91. The monoisotopic (exact) mass is 641 g/mol. The Bertz CT molecular complexity index is 1280. The van der Waals surface area contributed by atoms with Crippen molar-refractivity contribution in [3.63, 3.8) is 0 Å². The van der Waals surface area contributed by atoms with E-state index in [-0.39, 0.29) is 18.1 Å². The van der Waals surface area contributed by atoms with E-state index in [1.807, 2.05) is 36.9 Å². The number of amides is 1. The van der Waals surface area contributed by atoms with E-state index >= 15 is 0 Å². The molecule has 2 aliphatic heterocycles. The van der Waals surface area contributed by atoms with Crippen LogP contribution in [0.15, 0.2) is 48.8 Å². The van der Waals surface area contributed by atoms with Gasteiger partial charge in [0.2, 0.25) is 11.9 Å². The molecule has 1 amide bonds. The zero-order valence-electron chi connectivity index (χ0n) is 22.8. The van der Waals surface area contributed by atoms with E-state index in [2.05, 4.69) is 83.8 Å². The van der Waals surface area contributed by atoms with Crippen LogP contribution in [0.4, 0.5) is 17.3 Å². The third-order valence-corrected chi connectivity index (χ3v) is 8.45. The topological polar surface area (TPSA) is 86.7 Å². The summed E-state index contributed by atoms with van der Waals surface area (Å²) in [6.45, 7) is 10.9. The standard InChI is InChI=1S/C29H36IN7O2/c1-4-27(38)37-17-25(16-21(37)3)39-26-10-5-22(15-20(26)2)28-31-19-32-29(34-28)33-23-6-8-24(9-7-23)36-13-11-35(18-30)12-14-36/h5-10,15,19,21,25H,4,11-14,16-18H2,1-3H3,(H,31,32,33,34)/t21-,25-/m1/s1. The molecule has 3 aromatic rings. The third kappa shape index (κ3) is 6.60. The van der Waals surface area contributed by atoms with Crippen molar-refractivity contribution in [1.82, 2.24) is 24.8 Å². The number of carbonyl (C=O) groups is 1. The van der Waals surface area contributed by atoms with E-state index in [9.17, 15) is 4.79 Å². The summed E-state index contributed by atoms with van der Waals surface area (Å²) in [6, 6.07) is 14.6. The van der Waals surface area contributed by atoms with Crippen LogP contribution >= 0.6 is 22.6 Å². The van der Waals surface area contributed by atoms with Gasteiger partial charge in [-0.3, -0.25) is 9.69 Å². The molecule has 10 heteroatoms. The van der Waals surface area contributed by atoms with E-state index in [1.54, 1.807) is 0 Å². The number of alkyl halides is 1. The Kier molecular flexibility index (Phi) is 8.81. The van der Waals surface area contributed by atoms with Gasteiger partial charge in [0, 0.05) is 62.0 Å². The molecule has 2 atom stereocenters. The van der Waals surface area contributed by atoms with Gasteiger partial charge in [-0.05, 0) is 61.9 Å². The van der Waals surface area contributed by atoms with Gasteiger partial charge in [0.25, 0.3) is 0 Å². The molecule has 3 heterocycles. The number of nitrogens with one attached hydrogen (secondary N) is 1. The van der Waals surface area contributed by atoms with Crippen molar-refractivity contribution in [1.29, 1.82) is 0 Å². The number of hydrogen-bond acceptors (Lipinski definition) is 8. The summed E-state index contributed by atoms with van der Waals surface area (Å²) in [5, 5.41) is 3.31. The van der Waals surface area contributed by atoms with E-state index in [4.69, 9.17) is 4.74 Å². The Hall–Kier alpha value is -2.99. The fraction of sp³-hybridized carbons (Fsp3) is 0.448. The maximum absolute atomic E-state index is 12.2.